The SMILES string of the molecule is CSc1ncc(C=O)c(NCCC2OCC(NC(=O)OCc3ccccc3)CO2)n1. The minimum atomic E-state index is -0.508. The first-order valence-corrected chi connectivity index (χ1v) is 10.7. The van der Waals surface area contributed by atoms with Gasteiger partial charge in [0.25, 0.3) is 0 Å². The molecule has 1 amide bonds. The van der Waals surface area contributed by atoms with Crippen LogP contribution in [0, 0.1) is 0 Å². The number of nitrogens with zero attached hydrogens (tertiary/aromatic N) is 2. The molecule has 3 rings (SSSR count). The van der Waals surface area contributed by atoms with Crippen molar-refractivity contribution < 1.29 is 23.8 Å². The maximum Gasteiger partial charge on any atom is 0.407 e. The predicted octanol–water partition coefficient (Wildman–Crippen LogP) is 2.48. The number of hydrogen-bond acceptors (Lipinski definition) is 9. The fourth-order valence-corrected chi connectivity index (χ4v) is 3.07. The number of carbonyl (C=O) groups is 2. The molecule has 0 radical (unpaired) electrons. The van der Waals surface area contributed by atoms with Crippen LogP contribution in [0.25, 0.3) is 0 Å². The second kappa shape index (κ2) is 11.5. The van der Waals surface area contributed by atoms with Crippen molar-refractivity contribution in [2.24, 2.45) is 0 Å². The fourth-order valence-electron chi connectivity index (χ4n) is 2.73. The maximum absolute atomic E-state index is 11.9. The Morgan fingerprint density at radius 2 is 2.07 bits per heavy atom. The van der Waals surface area contributed by atoms with Gasteiger partial charge >= 0.3 is 6.09 Å². The number of thioether (sulfide) groups is 1. The highest BCUT2D eigenvalue weighted by atomic mass is 32.2. The van der Waals surface area contributed by atoms with E-state index in [2.05, 4.69) is 20.6 Å². The number of anilines is 1. The molecular weight excluding hydrogens is 408 g/mol. The Hall–Kier alpha value is -2.69. The highest BCUT2D eigenvalue weighted by Gasteiger charge is 2.24. The van der Waals surface area contributed by atoms with Gasteiger partial charge < -0.3 is 24.8 Å². The minimum Gasteiger partial charge on any atom is -0.445 e. The molecule has 1 fully saturated rings. The van der Waals surface area contributed by atoms with Gasteiger partial charge in [0, 0.05) is 19.2 Å². The van der Waals surface area contributed by atoms with Crippen LogP contribution in [0.5, 0.6) is 0 Å². The number of carbonyl (C=O) groups excluding carboxylic acids is 2. The lowest BCUT2D eigenvalue weighted by Crippen LogP contribution is -2.47. The zero-order valence-electron chi connectivity index (χ0n) is 16.6. The van der Waals surface area contributed by atoms with Gasteiger partial charge in [-0.3, -0.25) is 4.79 Å². The lowest BCUT2D eigenvalue weighted by atomic mass is 10.2. The van der Waals surface area contributed by atoms with Crippen LogP contribution in [0.2, 0.25) is 0 Å². The van der Waals surface area contributed by atoms with Gasteiger partial charge in [-0.15, -0.1) is 0 Å². The molecule has 0 aliphatic carbocycles. The van der Waals surface area contributed by atoms with Gasteiger partial charge in [-0.2, -0.15) is 0 Å². The molecule has 10 heteroatoms. The Bertz CT molecular complexity index is 831. The van der Waals surface area contributed by atoms with Crippen molar-refractivity contribution >= 4 is 30.0 Å². The van der Waals surface area contributed by atoms with E-state index >= 15 is 0 Å². The first kappa shape index (κ1) is 22.0. The van der Waals surface area contributed by atoms with Gasteiger partial charge in [0.05, 0.1) is 24.8 Å². The molecule has 2 N–H and O–H groups in total. The summed E-state index contributed by atoms with van der Waals surface area (Å²) in [4.78, 5) is 31.4. The number of aromatic nitrogens is 2. The second-order valence-electron chi connectivity index (χ2n) is 6.49. The van der Waals surface area contributed by atoms with Crippen molar-refractivity contribution in [2.75, 3.05) is 31.3 Å². The number of benzene rings is 1. The summed E-state index contributed by atoms with van der Waals surface area (Å²) in [5, 5.41) is 6.44. The zero-order valence-corrected chi connectivity index (χ0v) is 17.4. The normalized spacial score (nSPS) is 18.4. The number of hydrogen-bond donors (Lipinski definition) is 2. The van der Waals surface area contributed by atoms with E-state index in [9.17, 15) is 9.59 Å². The van der Waals surface area contributed by atoms with Crippen LogP contribution in [-0.4, -0.2) is 60.7 Å². The topological polar surface area (TPSA) is 112 Å². The van der Waals surface area contributed by atoms with Gasteiger partial charge in [0.15, 0.2) is 17.7 Å². The van der Waals surface area contributed by atoms with Gasteiger partial charge in [-0.05, 0) is 11.8 Å². The Labute approximate surface area is 178 Å². The first-order chi connectivity index (χ1) is 14.7. The number of nitrogens with one attached hydrogen (secondary N) is 2. The largest absolute Gasteiger partial charge is 0.445 e. The van der Waals surface area contributed by atoms with Crippen LogP contribution in [0.1, 0.15) is 22.3 Å². The molecule has 1 aromatic carbocycles. The summed E-state index contributed by atoms with van der Waals surface area (Å²) < 4.78 is 16.5. The lowest BCUT2D eigenvalue weighted by Gasteiger charge is -2.29. The maximum atomic E-state index is 11.9. The Morgan fingerprint density at radius 1 is 1.30 bits per heavy atom. The summed E-state index contributed by atoms with van der Waals surface area (Å²) in [6.45, 7) is 1.37. The van der Waals surface area contributed by atoms with Crippen LogP contribution < -0.4 is 10.6 Å². The van der Waals surface area contributed by atoms with E-state index in [0.717, 1.165) is 5.56 Å². The van der Waals surface area contributed by atoms with Crippen molar-refractivity contribution in [1.29, 1.82) is 0 Å². The van der Waals surface area contributed by atoms with E-state index < -0.39 is 12.4 Å². The third kappa shape index (κ3) is 6.68. The molecule has 1 aliphatic rings. The molecule has 1 saturated heterocycles. The average Bonchev–Trinajstić information content (AvgIpc) is 2.79. The van der Waals surface area contributed by atoms with Crippen molar-refractivity contribution in [3.05, 3.63) is 47.7 Å². The van der Waals surface area contributed by atoms with Crippen LogP contribution >= 0.6 is 11.8 Å². The number of ether oxygens (including phenoxy) is 3. The van der Waals surface area contributed by atoms with E-state index in [1.807, 2.05) is 36.6 Å². The molecule has 9 nitrogen and oxygen atoms in total. The molecule has 0 unspecified atom stereocenters. The van der Waals surface area contributed by atoms with E-state index in [1.165, 1.54) is 18.0 Å². The average molecular weight is 433 g/mol. The number of amides is 1. The Balaban J connectivity index is 1.35. The summed E-state index contributed by atoms with van der Waals surface area (Å²) in [6.07, 6.45) is 3.72. The second-order valence-corrected chi connectivity index (χ2v) is 7.27. The summed E-state index contributed by atoms with van der Waals surface area (Å²) in [5.74, 6) is 0.487. The standard InChI is InChI=1S/C20H24N4O5S/c1-30-19-22-9-15(10-25)18(24-19)21-8-7-17-27-12-16(13-28-17)23-20(26)29-11-14-5-3-2-4-6-14/h2-6,9-10,16-17H,7-8,11-13H2,1H3,(H,23,26)(H,21,22,24). The van der Waals surface area contributed by atoms with Crippen molar-refractivity contribution in [2.45, 2.75) is 30.5 Å². The van der Waals surface area contributed by atoms with Crippen LogP contribution in [0.4, 0.5) is 10.6 Å². The van der Waals surface area contributed by atoms with Gasteiger partial charge in [0.2, 0.25) is 0 Å². The van der Waals surface area contributed by atoms with Gasteiger partial charge in [0.1, 0.15) is 12.4 Å². The van der Waals surface area contributed by atoms with Gasteiger partial charge in [-0.25, -0.2) is 14.8 Å². The summed E-state index contributed by atoms with van der Waals surface area (Å²) in [6, 6.07) is 9.19. The fraction of sp³-hybridized carbons (Fsp3) is 0.400. The summed E-state index contributed by atoms with van der Waals surface area (Å²) in [5.41, 5.74) is 1.32. The third-order valence-electron chi connectivity index (χ3n) is 4.28. The predicted molar refractivity (Wildman–Crippen MR) is 112 cm³/mol. The first-order valence-electron chi connectivity index (χ1n) is 9.48. The molecule has 0 atom stereocenters. The summed E-state index contributed by atoms with van der Waals surface area (Å²) >= 11 is 1.40. The zero-order chi connectivity index (χ0) is 21.2. The van der Waals surface area contributed by atoms with E-state index in [-0.39, 0.29) is 12.6 Å². The summed E-state index contributed by atoms with van der Waals surface area (Å²) in [7, 11) is 0. The van der Waals surface area contributed by atoms with Crippen LogP contribution in [-0.2, 0) is 20.8 Å². The van der Waals surface area contributed by atoms with E-state index in [4.69, 9.17) is 14.2 Å². The molecule has 30 heavy (non-hydrogen) atoms. The Morgan fingerprint density at radius 3 is 2.77 bits per heavy atom. The molecule has 0 spiro atoms. The monoisotopic (exact) mass is 432 g/mol. The van der Waals surface area contributed by atoms with E-state index in [0.29, 0.717) is 49.0 Å². The molecule has 2 aromatic rings. The minimum absolute atomic E-state index is 0.208. The highest BCUT2D eigenvalue weighted by Crippen LogP contribution is 2.16. The van der Waals surface area contributed by atoms with Crippen molar-refractivity contribution in [1.82, 2.24) is 15.3 Å². The smallest absolute Gasteiger partial charge is 0.407 e. The quantitative estimate of drug-likeness (QED) is 0.351. The third-order valence-corrected chi connectivity index (χ3v) is 4.84. The molecule has 1 aromatic heterocycles. The van der Waals surface area contributed by atoms with Crippen molar-refractivity contribution in [3.63, 3.8) is 0 Å². The molecule has 1 aliphatic heterocycles. The highest BCUT2D eigenvalue weighted by molar-refractivity contribution is 7.98. The van der Waals surface area contributed by atoms with Crippen LogP contribution in [0.3, 0.4) is 0 Å². The number of alkyl carbamates (subject to hydrolysis) is 1. The number of aldehydes is 1. The van der Waals surface area contributed by atoms with E-state index in [1.54, 1.807) is 0 Å². The van der Waals surface area contributed by atoms with Gasteiger partial charge in [-0.1, -0.05) is 42.1 Å². The molecule has 2 heterocycles. The Kier molecular flexibility index (Phi) is 8.42. The molecular formula is C20H24N4O5S. The lowest BCUT2D eigenvalue weighted by molar-refractivity contribution is -0.189. The van der Waals surface area contributed by atoms with Crippen LogP contribution in [0.15, 0.2) is 41.7 Å². The van der Waals surface area contributed by atoms with Crippen molar-refractivity contribution in [3.8, 4) is 0 Å². The number of rotatable bonds is 9. The molecule has 160 valence electrons. The molecule has 0 bridgehead atoms. The molecule has 0 saturated carbocycles.